The molecule has 0 saturated heterocycles. The van der Waals surface area contributed by atoms with E-state index in [-0.39, 0.29) is 5.97 Å². The van der Waals surface area contributed by atoms with Crippen molar-refractivity contribution in [2.24, 2.45) is 0 Å². The number of esters is 1. The van der Waals surface area contributed by atoms with Crippen LogP contribution in [0.3, 0.4) is 0 Å². The lowest BCUT2D eigenvalue weighted by Crippen LogP contribution is -2.03. The lowest BCUT2D eigenvalue weighted by atomic mass is 10.1. The summed E-state index contributed by atoms with van der Waals surface area (Å²) < 4.78 is 14.8. The van der Waals surface area contributed by atoms with Crippen molar-refractivity contribution < 1.29 is 19.0 Å². The molecule has 0 amide bonds. The summed E-state index contributed by atoms with van der Waals surface area (Å²) in [6.07, 6.45) is 21.3. The van der Waals surface area contributed by atoms with Crippen molar-refractivity contribution in [2.75, 3.05) is 26.4 Å². The summed E-state index contributed by atoms with van der Waals surface area (Å²) in [4.78, 5) is 10.9. The highest BCUT2D eigenvalue weighted by Gasteiger charge is 1.97. The molecule has 0 bridgehead atoms. The molecule has 0 aromatic heterocycles. The number of carbonyl (C=O) groups excluding carboxylic acids is 1. The predicted molar refractivity (Wildman–Crippen MR) is 136 cm³/mol. The molecule has 31 heavy (non-hydrogen) atoms. The molecule has 0 fully saturated rings. The quantitative estimate of drug-likeness (QED) is 0.114. The SMILES string of the molecule is C/C=C/OCCC.CCCCCCCCCCCCCCOC(=O)CC.CCOCC. The Morgan fingerprint density at radius 3 is 1.48 bits per heavy atom. The van der Waals surface area contributed by atoms with Crippen LogP contribution in [0.4, 0.5) is 0 Å². The Hall–Kier alpha value is -1.03. The highest BCUT2D eigenvalue weighted by Crippen LogP contribution is 2.11. The lowest BCUT2D eigenvalue weighted by Gasteiger charge is -2.04. The Labute approximate surface area is 195 Å². The Morgan fingerprint density at radius 2 is 1.13 bits per heavy atom. The molecule has 0 spiro atoms. The van der Waals surface area contributed by atoms with E-state index in [1.165, 1.54) is 70.6 Å². The largest absolute Gasteiger partial charge is 0.502 e. The zero-order chi connectivity index (χ0) is 23.8. The van der Waals surface area contributed by atoms with E-state index in [9.17, 15) is 4.79 Å². The second-order valence-corrected chi connectivity index (χ2v) is 7.58. The van der Waals surface area contributed by atoms with E-state index in [0.717, 1.165) is 32.7 Å². The number of allylic oxidation sites excluding steroid dienone is 1. The Bertz CT molecular complexity index is 327. The number of hydrogen-bond donors (Lipinski definition) is 0. The lowest BCUT2D eigenvalue weighted by molar-refractivity contribution is -0.143. The van der Waals surface area contributed by atoms with Crippen molar-refractivity contribution in [3.63, 3.8) is 0 Å². The molecule has 0 aliphatic carbocycles. The molecule has 0 heterocycles. The van der Waals surface area contributed by atoms with Crippen LogP contribution in [0.2, 0.25) is 0 Å². The molecule has 0 unspecified atom stereocenters. The first-order valence-corrected chi connectivity index (χ1v) is 13.1. The molecule has 0 radical (unpaired) electrons. The molecule has 188 valence electrons. The second kappa shape index (κ2) is 36.3. The van der Waals surface area contributed by atoms with Crippen LogP contribution < -0.4 is 0 Å². The second-order valence-electron chi connectivity index (χ2n) is 7.58. The van der Waals surface area contributed by atoms with Crippen molar-refractivity contribution in [2.45, 2.75) is 131 Å². The molecule has 4 heteroatoms. The zero-order valence-electron chi connectivity index (χ0n) is 22.0. The monoisotopic (exact) mass is 444 g/mol. The molecule has 0 N–H and O–H groups in total. The van der Waals surface area contributed by atoms with Crippen LogP contribution in [-0.2, 0) is 19.0 Å². The highest BCUT2D eigenvalue weighted by molar-refractivity contribution is 5.68. The van der Waals surface area contributed by atoms with Crippen molar-refractivity contribution >= 4 is 5.97 Å². The summed E-state index contributed by atoms with van der Waals surface area (Å²) in [6, 6.07) is 0. The molecule has 0 aliphatic rings. The van der Waals surface area contributed by atoms with Crippen LogP contribution in [0.1, 0.15) is 131 Å². The van der Waals surface area contributed by atoms with Crippen LogP contribution in [0.25, 0.3) is 0 Å². The van der Waals surface area contributed by atoms with Crippen molar-refractivity contribution in [1.82, 2.24) is 0 Å². The van der Waals surface area contributed by atoms with Crippen LogP contribution >= 0.6 is 0 Å². The molecular formula is C27H56O4. The minimum atomic E-state index is -0.0666. The van der Waals surface area contributed by atoms with E-state index in [0.29, 0.717) is 13.0 Å². The minimum absolute atomic E-state index is 0.0666. The van der Waals surface area contributed by atoms with Crippen LogP contribution in [0.5, 0.6) is 0 Å². The third-order valence-electron chi connectivity index (χ3n) is 4.51. The van der Waals surface area contributed by atoms with Gasteiger partial charge in [-0.05, 0) is 33.6 Å². The van der Waals surface area contributed by atoms with Gasteiger partial charge in [0, 0.05) is 19.6 Å². The van der Waals surface area contributed by atoms with Crippen LogP contribution in [-0.4, -0.2) is 32.4 Å². The average Bonchev–Trinajstić information content (AvgIpc) is 2.78. The van der Waals surface area contributed by atoms with Gasteiger partial charge in [0.05, 0.1) is 19.5 Å². The zero-order valence-corrected chi connectivity index (χ0v) is 22.0. The predicted octanol–water partition coefficient (Wildman–Crippen LogP) is 8.63. The van der Waals surface area contributed by atoms with Gasteiger partial charge in [-0.3, -0.25) is 4.79 Å². The normalized spacial score (nSPS) is 10.1. The number of ether oxygens (including phenoxy) is 3. The van der Waals surface area contributed by atoms with Gasteiger partial charge in [0.15, 0.2) is 0 Å². The van der Waals surface area contributed by atoms with Crippen molar-refractivity contribution in [3.8, 4) is 0 Å². The first kappa shape index (κ1) is 34.6. The van der Waals surface area contributed by atoms with Crippen LogP contribution in [0.15, 0.2) is 12.3 Å². The average molecular weight is 445 g/mol. The Morgan fingerprint density at radius 1 is 0.645 bits per heavy atom. The number of hydrogen-bond acceptors (Lipinski definition) is 4. The van der Waals surface area contributed by atoms with Gasteiger partial charge in [-0.2, -0.15) is 0 Å². The summed E-state index contributed by atoms with van der Waals surface area (Å²) in [5, 5.41) is 0. The van der Waals surface area contributed by atoms with Gasteiger partial charge in [0.25, 0.3) is 0 Å². The maximum Gasteiger partial charge on any atom is 0.305 e. The third-order valence-corrected chi connectivity index (χ3v) is 4.51. The fraction of sp³-hybridized carbons (Fsp3) is 0.889. The molecule has 0 aromatic carbocycles. The molecule has 0 saturated carbocycles. The van der Waals surface area contributed by atoms with Crippen LogP contribution in [0, 0.1) is 0 Å². The van der Waals surface area contributed by atoms with Crippen molar-refractivity contribution in [3.05, 3.63) is 12.3 Å². The summed E-state index contributed by atoms with van der Waals surface area (Å²) in [6.45, 7) is 15.3. The summed E-state index contributed by atoms with van der Waals surface area (Å²) in [5.74, 6) is -0.0666. The Kier molecular flexibility index (Phi) is 40.5. The topological polar surface area (TPSA) is 44.8 Å². The first-order valence-electron chi connectivity index (χ1n) is 13.1. The molecule has 0 aliphatic heterocycles. The third kappa shape index (κ3) is 43.7. The number of unbranched alkanes of at least 4 members (excludes halogenated alkanes) is 11. The van der Waals surface area contributed by atoms with E-state index >= 15 is 0 Å². The van der Waals surface area contributed by atoms with E-state index < -0.39 is 0 Å². The molecule has 0 aromatic rings. The summed E-state index contributed by atoms with van der Waals surface area (Å²) >= 11 is 0. The smallest absolute Gasteiger partial charge is 0.305 e. The fourth-order valence-electron chi connectivity index (χ4n) is 2.72. The van der Waals surface area contributed by atoms with Gasteiger partial charge in [0.1, 0.15) is 0 Å². The molecule has 4 nitrogen and oxygen atoms in total. The van der Waals surface area contributed by atoms with E-state index in [4.69, 9.17) is 14.2 Å². The van der Waals surface area contributed by atoms with Gasteiger partial charge >= 0.3 is 5.97 Å². The standard InChI is InChI=1S/C17H34O2.C6H12O.C4H10O/c1-3-5-6-7-8-9-10-11-12-13-14-15-16-19-17(18)4-2;1-3-5-7-6-4-2;1-3-5-4-2/h3-16H2,1-2H3;3,5H,4,6H2,1-2H3;3-4H2,1-2H3/b;5-3+;. The highest BCUT2D eigenvalue weighted by atomic mass is 16.5. The van der Waals surface area contributed by atoms with E-state index in [1.807, 2.05) is 33.8 Å². The van der Waals surface area contributed by atoms with Gasteiger partial charge in [-0.1, -0.05) is 97.5 Å². The van der Waals surface area contributed by atoms with E-state index in [1.54, 1.807) is 6.26 Å². The molecule has 0 atom stereocenters. The molecule has 0 rings (SSSR count). The van der Waals surface area contributed by atoms with Gasteiger partial charge < -0.3 is 14.2 Å². The maximum absolute atomic E-state index is 10.9. The van der Waals surface area contributed by atoms with Gasteiger partial charge in [-0.15, -0.1) is 0 Å². The maximum atomic E-state index is 10.9. The minimum Gasteiger partial charge on any atom is -0.502 e. The molecular weight excluding hydrogens is 388 g/mol. The number of rotatable bonds is 19. The fourth-order valence-corrected chi connectivity index (χ4v) is 2.72. The first-order chi connectivity index (χ1) is 15.1. The number of carbonyl (C=O) groups is 1. The summed E-state index contributed by atoms with van der Waals surface area (Å²) in [5.41, 5.74) is 0. The van der Waals surface area contributed by atoms with E-state index in [2.05, 4.69) is 13.8 Å². The summed E-state index contributed by atoms with van der Waals surface area (Å²) in [7, 11) is 0. The van der Waals surface area contributed by atoms with Crippen molar-refractivity contribution in [1.29, 1.82) is 0 Å². The Balaban J connectivity index is -0.000000533. The van der Waals surface area contributed by atoms with Gasteiger partial charge in [0.2, 0.25) is 0 Å². The van der Waals surface area contributed by atoms with Gasteiger partial charge in [-0.25, -0.2) is 0 Å².